The van der Waals surface area contributed by atoms with Gasteiger partial charge in [0.15, 0.2) is 0 Å². The van der Waals surface area contributed by atoms with Crippen molar-refractivity contribution < 1.29 is 9.84 Å². The van der Waals surface area contributed by atoms with Crippen molar-refractivity contribution in [2.24, 2.45) is 0 Å². The Labute approximate surface area is 119 Å². The summed E-state index contributed by atoms with van der Waals surface area (Å²) < 4.78 is 5.71. The van der Waals surface area contributed by atoms with Gasteiger partial charge in [-0.2, -0.15) is 0 Å². The quantitative estimate of drug-likeness (QED) is 0.866. The number of aryl methyl sites for hydroxylation is 1. The Morgan fingerprint density at radius 2 is 2.15 bits per heavy atom. The largest absolute Gasteiger partial charge is 0.487 e. The van der Waals surface area contributed by atoms with Crippen LogP contribution in [-0.4, -0.2) is 16.7 Å². The average Bonchev–Trinajstić information content (AvgIpc) is 2.46. The van der Waals surface area contributed by atoms with Crippen molar-refractivity contribution in [3.8, 4) is 17.6 Å². The number of hydrogen-bond acceptors (Lipinski definition) is 3. The standard InChI is InChI=1S/C17H17NO2/c1-14-5-4-7-16(9-14)13-20-17-10-15(11-18-12-17)6-2-3-8-19/h4-5,7,9-12,19H,3,8,13H2,1H3. The van der Waals surface area contributed by atoms with E-state index in [0.29, 0.717) is 18.8 Å². The number of ether oxygens (including phenoxy) is 1. The Hall–Kier alpha value is -2.31. The van der Waals surface area contributed by atoms with Crippen LogP contribution in [0.5, 0.6) is 5.75 Å². The fraction of sp³-hybridized carbons (Fsp3) is 0.235. The van der Waals surface area contributed by atoms with Crippen LogP contribution in [0.2, 0.25) is 0 Å². The summed E-state index contributed by atoms with van der Waals surface area (Å²) in [4.78, 5) is 4.10. The molecule has 1 aromatic heterocycles. The highest BCUT2D eigenvalue weighted by Gasteiger charge is 1.98. The number of hydrogen-bond donors (Lipinski definition) is 1. The molecule has 102 valence electrons. The zero-order valence-electron chi connectivity index (χ0n) is 11.5. The second-order valence-corrected chi connectivity index (χ2v) is 4.46. The van der Waals surface area contributed by atoms with E-state index >= 15 is 0 Å². The molecule has 0 aliphatic carbocycles. The van der Waals surface area contributed by atoms with E-state index in [1.165, 1.54) is 5.56 Å². The van der Waals surface area contributed by atoms with Crippen LogP contribution >= 0.6 is 0 Å². The zero-order valence-corrected chi connectivity index (χ0v) is 11.5. The van der Waals surface area contributed by atoms with Crippen LogP contribution in [-0.2, 0) is 6.61 Å². The third-order valence-electron chi connectivity index (χ3n) is 2.67. The molecule has 0 aliphatic heterocycles. The van der Waals surface area contributed by atoms with Crippen LogP contribution in [0, 0.1) is 18.8 Å². The highest BCUT2D eigenvalue weighted by molar-refractivity contribution is 5.36. The lowest BCUT2D eigenvalue weighted by Crippen LogP contribution is -1.96. The van der Waals surface area contributed by atoms with E-state index in [2.05, 4.69) is 35.9 Å². The summed E-state index contributed by atoms with van der Waals surface area (Å²) in [5.74, 6) is 6.50. The fourth-order valence-corrected chi connectivity index (χ4v) is 1.76. The maximum Gasteiger partial charge on any atom is 0.139 e. The molecule has 0 amide bonds. The molecule has 3 nitrogen and oxygen atoms in total. The maximum absolute atomic E-state index is 8.69. The first kappa shape index (κ1) is 14.1. The number of nitrogens with zero attached hydrogens (tertiary/aromatic N) is 1. The van der Waals surface area contributed by atoms with Gasteiger partial charge in [0, 0.05) is 18.2 Å². The summed E-state index contributed by atoms with van der Waals surface area (Å²) in [5.41, 5.74) is 3.13. The van der Waals surface area contributed by atoms with Crippen LogP contribution in [0.1, 0.15) is 23.1 Å². The van der Waals surface area contributed by atoms with Gasteiger partial charge >= 0.3 is 0 Å². The highest BCUT2D eigenvalue weighted by atomic mass is 16.5. The van der Waals surface area contributed by atoms with Gasteiger partial charge in [-0.3, -0.25) is 4.98 Å². The fourth-order valence-electron chi connectivity index (χ4n) is 1.76. The van der Waals surface area contributed by atoms with Crippen LogP contribution < -0.4 is 4.74 Å². The van der Waals surface area contributed by atoms with E-state index in [-0.39, 0.29) is 6.61 Å². The van der Waals surface area contributed by atoms with Crippen LogP contribution in [0.25, 0.3) is 0 Å². The first-order chi connectivity index (χ1) is 9.78. The molecule has 0 spiro atoms. The number of rotatable bonds is 4. The minimum atomic E-state index is 0.0734. The molecule has 0 saturated heterocycles. The van der Waals surface area contributed by atoms with Gasteiger partial charge in [0.1, 0.15) is 12.4 Å². The van der Waals surface area contributed by atoms with Gasteiger partial charge in [-0.1, -0.05) is 41.7 Å². The number of benzene rings is 1. The van der Waals surface area contributed by atoms with E-state index in [9.17, 15) is 0 Å². The average molecular weight is 267 g/mol. The normalized spacial score (nSPS) is 9.70. The third-order valence-corrected chi connectivity index (χ3v) is 2.67. The summed E-state index contributed by atoms with van der Waals surface area (Å²) in [5, 5.41) is 8.69. The number of aromatic nitrogens is 1. The Balaban J connectivity index is 2.00. The van der Waals surface area contributed by atoms with E-state index in [0.717, 1.165) is 11.1 Å². The first-order valence-corrected chi connectivity index (χ1v) is 6.51. The lowest BCUT2D eigenvalue weighted by molar-refractivity contribution is 0.305. The number of aliphatic hydroxyl groups is 1. The van der Waals surface area contributed by atoms with Crippen molar-refractivity contribution >= 4 is 0 Å². The Morgan fingerprint density at radius 3 is 2.95 bits per heavy atom. The number of pyridine rings is 1. The van der Waals surface area contributed by atoms with E-state index in [4.69, 9.17) is 9.84 Å². The van der Waals surface area contributed by atoms with Crippen molar-refractivity contribution in [1.82, 2.24) is 4.98 Å². The van der Waals surface area contributed by atoms with Gasteiger partial charge in [0.2, 0.25) is 0 Å². The van der Waals surface area contributed by atoms with Gasteiger partial charge in [0.05, 0.1) is 12.8 Å². The van der Waals surface area contributed by atoms with Crippen molar-refractivity contribution in [3.63, 3.8) is 0 Å². The smallest absolute Gasteiger partial charge is 0.139 e. The summed E-state index contributed by atoms with van der Waals surface area (Å²) in [6.45, 7) is 2.64. The van der Waals surface area contributed by atoms with E-state index in [1.54, 1.807) is 12.4 Å². The SMILES string of the molecule is Cc1cccc(COc2cncc(C#CCCO)c2)c1. The van der Waals surface area contributed by atoms with Gasteiger partial charge in [-0.15, -0.1) is 0 Å². The molecule has 0 radical (unpaired) electrons. The molecule has 2 rings (SSSR count). The molecular formula is C17H17NO2. The molecular weight excluding hydrogens is 250 g/mol. The third kappa shape index (κ3) is 4.42. The zero-order chi connectivity index (χ0) is 14.2. The monoisotopic (exact) mass is 267 g/mol. The van der Waals surface area contributed by atoms with Crippen LogP contribution in [0.4, 0.5) is 0 Å². The summed E-state index contributed by atoms with van der Waals surface area (Å²) >= 11 is 0. The molecule has 0 atom stereocenters. The topological polar surface area (TPSA) is 42.4 Å². The van der Waals surface area contributed by atoms with Gasteiger partial charge < -0.3 is 9.84 Å². The molecule has 3 heteroatoms. The molecule has 1 heterocycles. The van der Waals surface area contributed by atoms with Gasteiger partial charge in [0.25, 0.3) is 0 Å². The summed E-state index contributed by atoms with van der Waals surface area (Å²) in [6.07, 6.45) is 3.82. The first-order valence-electron chi connectivity index (χ1n) is 6.51. The minimum Gasteiger partial charge on any atom is -0.487 e. The summed E-state index contributed by atoms with van der Waals surface area (Å²) in [6, 6.07) is 10.1. The number of aliphatic hydroxyl groups excluding tert-OH is 1. The molecule has 0 unspecified atom stereocenters. The van der Waals surface area contributed by atoms with Crippen molar-refractivity contribution in [3.05, 3.63) is 59.4 Å². The molecule has 20 heavy (non-hydrogen) atoms. The predicted molar refractivity (Wildman–Crippen MR) is 78.3 cm³/mol. The highest BCUT2D eigenvalue weighted by Crippen LogP contribution is 2.13. The van der Waals surface area contributed by atoms with E-state index in [1.807, 2.05) is 18.2 Å². The molecule has 2 aromatic rings. The Kier molecular flexibility index (Phi) is 5.16. The lowest BCUT2D eigenvalue weighted by atomic mass is 10.1. The van der Waals surface area contributed by atoms with Crippen LogP contribution in [0.3, 0.4) is 0 Å². The van der Waals surface area contributed by atoms with Gasteiger partial charge in [-0.25, -0.2) is 0 Å². The Bertz CT molecular complexity index is 626. The van der Waals surface area contributed by atoms with Crippen molar-refractivity contribution in [2.45, 2.75) is 20.0 Å². The lowest BCUT2D eigenvalue weighted by Gasteiger charge is -2.06. The van der Waals surface area contributed by atoms with Crippen LogP contribution in [0.15, 0.2) is 42.7 Å². The Morgan fingerprint density at radius 1 is 1.25 bits per heavy atom. The minimum absolute atomic E-state index is 0.0734. The molecule has 0 saturated carbocycles. The van der Waals surface area contributed by atoms with Crippen molar-refractivity contribution in [2.75, 3.05) is 6.61 Å². The molecule has 1 aromatic carbocycles. The second-order valence-electron chi connectivity index (χ2n) is 4.46. The molecule has 0 aliphatic rings. The molecule has 0 fully saturated rings. The molecule has 0 bridgehead atoms. The summed E-state index contributed by atoms with van der Waals surface area (Å²) in [7, 11) is 0. The van der Waals surface area contributed by atoms with Crippen molar-refractivity contribution in [1.29, 1.82) is 0 Å². The second kappa shape index (κ2) is 7.32. The predicted octanol–water partition coefficient (Wildman–Crippen LogP) is 2.70. The molecule has 1 N–H and O–H groups in total. The van der Waals surface area contributed by atoms with E-state index < -0.39 is 0 Å². The van der Waals surface area contributed by atoms with Gasteiger partial charge in [-0.05, 0) is 18.6 Å². The maximum atomic E-state index is 8.69.